The molecule has 6 heteroatoms. The van der Waals surface area contributed by atoms with Crippen molar-refractivity contribution >= 4 is 45.1 Å². The molecular weight excluding hydrogens is 297 g/mol. The molecule has 0 aliphatic heterocycles. The van der Waals surface area contributed by atoms with Gasteiger partial charge in [-0.2, -0.15) is 0 Å². The number of ether oxygens (including phenoxy) is 1. The Bertz CT molecular complexity index is 423. The van der Waals surface area contributed by atoms with E-state index in [-0.39, 0.29) is 11.7 Å². The highest BCUT2D eigenvalue weighted by atomic mass is 79.9. The molecule has 1 amide bonds. The number of nitrogens with one attached hydrogen (secondary N) is 1. The minimum atomic E-state index is -0.566. The van der Waals surface area contributed by atoms with E-state index >= 15 is 0 Å². The second kappa shape index (κ2) is 5.86. The van der Waals surface area contributed by atoms with Crippen molar-refractivity contribution < 1.29 is 14.3 Å². The SMILES string of the molecule is COC(=O)Nc1ccc(C(=O)CCl)c(Br)c1. The fraction of sp³-hybridized carbons (Fsp3) is 0.200. The normalized spacial score (nSPS) is 9.69. The lowest BCUT2D eigenvalue weighted by atomic mass is 10.1. The van der Waals surface area contributed by atoms with Crippen molar-refractivity contribution in [2.45, 2.75) is 0 Å². The molecule has 0 aliphatic carbocycles. The average Bonchev–Trinajstić information content (AvgIpc) is 2.28. The van der Waals surface area contributed by atoms with Gasteiger partial charge >= 0.3 is 6.09 Å². The van der Waals surface area contributed by atoms with E-state index < -0.39 is 6.09 Å². The molecule has 1 rings (SSSR count). The highest BCUT2D eigenvalue weighted by molar-refractivity contribution is 9.10. The first-order valence-electron chi connectivity index (χ1n) is 4.32. The van der Waals surface area contributed by atoms with Crippen molar-refractivity contribution in [2.75, 3.05) is 18.3 Å². The first-order valence-corrected chi connectivity index (χ1v) is 5.65. The summed E-state index contributed by atoms with van der Waals surface area (Å²) in [4.78, 5) is 22.3. The zero-order valence-corrected chi connectivity index (χ0v) is 10.8. The minimum Gasteiger partial charge on any atom is -0.453 e. The van der Waals surface area contributed by atoms with Crippen LogP contribution in [0.4, 0.5) is 10.5 Å². The Morgan fingerprint density at radius 3 is 2.69 bits per heavy atom. The van der Waals surface area contributed by atoms with E-state index in [4.69, 9.17) is 11.6 Å². The molecule has 1 N–H and O–H groups in total. The lowest BCUT2D eigenvalue weighted by Gasteiger charge is -2.06. The van der Waals surface area contributed by atoms with Crippen molar-refractivity contribution in [3.05, 3.63) is 28.2 Å². The van der Waals surface area contributed by atoms with Gasteiger partial charge in [-0.1, -0.05) is 0 Å². The highest BCUT2D eigenvalue weighted by Gasteiger charge is 2.10. The monoisotopic (exact) mass is 305 g/mol. The summed E-state index contributed by atoms with van der Waals surface area (Å²) in [6.07, 6.45) is -0.566. The van der Waals surface area contributed by atoms with Gasteiger partial charge < -0.3 is 4.74 Å². The van der Waals surface area contributed by atoms with Gasteiger partial charge in [-0.15, -0.1) is 11.6 Å². The van der Waals surface area contributed by atoms with Gasteiger partial charge in [0.05, 0.1) is 13.0 Å². The summed E-state index contributed by atoms with van der Waals surface area (Å²) in [6, 6.07) is 4.79. The standard InChI is InChI=1S/C10H9BrClNO3/c1-16-10(15)13-6-2-3-7(8(11)4-6)9(14)5-12/h2-4H,5H2,1H3,(H,13,15). The van der Waals surface area contributed by atoms with Crippen LogP contribution in [0.1, 0.15) is 10.4 Å². The fourth-order valence-electron chi connectivity index (χ4n) is 1.06. The molecule has 0 heterocycles. The predicted molar refractivity (Wildman–Crippen MR) is 65.2 cm³/mol. The van der Waals surface area contributed by atoms with Crippen molar-refractivity contribution in [2.24, 2.45) is 0 Å². The number of amides is 1. The topological polar surface area (TPSA) is 55.4 Å². The molecule has 0 radical (unpaired) electrons. The summed E-state index contributed by atoms with van der Waals surface area (Å²) >= 11 is 8.67. The smallest absolute Gasteiger partial charge is 0.411 e. The Kier molecular flexibility index (Phi) is 4.76. The number of hydrogen-bond donors (Lipinski definition) is 1. The maximum atomic E-state index is 11.3. The van der Waals surface area contributed by atoms with Crippen LogP contribution >= 0.6 is 27.5 Å². The third-order valence-electron chi connectivity index (χ3n) is 1.82. The fourth-order valence-corrected chi connectivity index (χ4v) is 1.80. The molecule has 0 atom stereocenters. The molecule has 0 saturated heterocycles. The Morgan fingerprint density at radius 1 is 1.50 bits per heavy atom. The molecular formula is C10H9BrClNO3. The van der Waals surface area contributed by atoms with Crippen LogP contribution in [-0.2, 0) is 4.74 Å². The van der Waals surface area contributed by atoms with E-state index in [0.717, 1.165) is 0 Å². The van der Waals surface area contributed by atoms with Crippen molar-refractivity contribution in [1.82, 2.24) is 0 Å². The van der Waals surface area contributed by atoms with Crippen LogP contribution in [0.25, 0.3) is 0 Å². The first kappa shape index (κ1) is 13.0. The highest BCUT2D eigenvalue weighted by Crippen LogP contribution is 2.22. The van der Waals surface area contributed by atoms with Crippen LogP contribution in [0.15, 0.2) is 22.7 Å². The number of carbonyl (C=O) groups excluding carboxylic acids is 2. The van der Waals surface area contributed by atoms with E-state index in [1.807, 2.05) is 0 Å². The van der Waals surface area contributed by atoms with Gasteiger partial charge in [0.2, 0.25) is 0 Å². The van der Waals surface area contributed by atoms with Crippen molar-refractivity contribution in [3.63, 3.8) is 0 Å². The Labute approximate surface area is 106 Å². The number of ketones is 1. The second-order valence-corrected chi connectivity index (χ2v) is 3.99. The molecule has 0 unspecified atom stereocenters. The minimum absolute atomic E-state index is 0.0810. The number of alkyl halides is 1. The number of hydrogen-bond acceptors (Lipinski definition) is 3. The van der Waals surface area contributed by atoms with E-state index in [2.05, 4.69) is 26.0 Å². The summed E-state index contributed by atoms with van der Waals surface area (Å²) in [5, 5.41) is 2.48. The molecule has 1 aromatic carbocycles. The van der Waals surface area contributed by atoms with E-state index in [9.17, 15) is 9.59 Å². The largest absolute Gasteiger partial charge is 0.453 e. The number of carbonyl (C=O) groups is 2. The second-order valence-electron chi connectivity index (χ2n) is 2.87. The quantitative estimate of drug-likeness (QED) is 0.690. The van der Waals surface area contributed by atoms with E-state index in [1.165, 1.54) is 7.11 Å². The van der Waals surface area contributed by atoms with Crippen LogP contribution in [0.3, 0.4) is 0 Å². The van der Waals surface area contributed by atoms with Crippen molar-refractivity contribution in [3.8, 4) is 0 Å². The Balaban J connectivity index is 2.91. The molecule has 4 nitrogen and oxygen atoms in total. The van der Waals surface area contributed by atoms with Crippen LogP contribution in [0.2, 0.25) is 0 Å². The molecule has 0 aliphatic rings. The summed E-state index contributed by atoms with van der Waals surface area (Å²) in [7, 11) is 1.27. The third kappa shape index (κ3) is 3.21. The van der Waals surface area contributed by atoms with Gasteiger partial charge in [0, 0.05) is 15.7 Å². The number of methoxy groups -OCH3 is 1. The Hall–Kier alpha value is -1.07. The van der Waals surface area contributed by atoms with E-state index in [0.29, 0.717) is 15.7 Å². The summed E-state index contributed by atoms with van der Waals surface area (Å²) in [5.41, 5.74) is 1.01. The van der Waals surface area contributed by atoms with Gasteiger partial charge in [-0.3, -0.25) is 10.1 Å². The van der Waals surface area contributed by atoms with Crippen LogP contribution in [-0.4, -0.2) is 24.9 Å². The first-order chi connectivity index (χ1) is 7.58. The summed E-state index contributed by atoms with van der Waals surface area (Å²) in [6.45, 7) is 0. The molecule has 1 aromatic rings. The Morgan fingerprint density at radius 2 is 2.19 bits per heavy atom. The lowest BCUT2D eigenvalue weighted by molar-refractivity contribution is 0.102. The van der Waals surface area contributed by atoms with Gasteiger partial charge in [-0.05, 0) is 34.1 Å². The van der Waals surface area contributed by atoms with Gasteiger partial charge in [0.1, 0.15) is 0 Å². The van der Waals surface area contributed by atoms with Gasteiger partial charge in [-0.25, -0.2) is 4.79 Å². The molecule has 0 fully saturated rings. The number of benzene rings is 1. The summed E-state index contributed by atoms with van der Waals surface area (Å²) in [5.74, 6) is -0.263. The summed E-state index contributed by atoms with van der Waals surface area (Å²) < 4.78 is 5.02. The van der Waals surface area contributed by atoms with Gasteiger partial charge in [0.25, 0.3) is 0 Å². The zero-order chi connectivity index (χ0) is 12.1. The molecule has 86 valence electrons. The third-order valence-corrected chi connectivity index (χ3v) is 2.72. The number of rotatable bonds is 3. The molecule has 0 spiro atoms. The predicted octanol–water partition coefficient (Wildman–Crippen LogP) is 3.05. The van der Waals surface area contributed by atoms with Crippen LogP contribution < -0.4 is 5.32 Å². The van der Waals surface area contributed by atoms with Crippen molar-refractivity contribution in [1.29, 1.82) is 0 Å². The number of anilines is 1. The van der Waals surface area contributed by atoms with Gasteiger partial charge in [0.15, 0.2) is 5.78 Å². The molecule has 0 bridgehead atoms. The number of halogens is 2. The lowest BCUT2D eigenvalue weighted by Crippen LogP contribution is -2.11. The maximum absolute atomic E-state index is 11.3. The van der Waals surface area contributed by atoms with Crippen LogP contribution in [0.5, 0.6) is 0 Å². The van der Waals surface area contributed by atoms with Crippen LogP contribution in [0, 0.1) is 0 Å². The molecule has 0 saturated carbocycles. The zero-order valence-electron chi connectivity index (χ0n) is 8.42. The van der Waals surface area contributed by atoms with E-state index in [1.54, 1.807) is 18.2 Å². The molecule has 16 heavy (non-hydrogen) atoms. The maximum Gasteiger partial charge on any atom is 0.411 e. The molecule has 0 aromatic heterocycles. The number of Topliss-reactive ketones (excluding diaryl/α,β-unsaturated/α-hetero) is 1. The average molecular weight is 307 g/mol.